The van der Waals surface area contributed by atoms with Gasteiger partial charge in [-0.05, 0) is 24.3 Å². The molecule has 0 saturated carbocycles. The Morgan fingerprint density at radius 3 is 2.62 bits per heavy atom. The zero-order valence-electron chi connectivity index (χ0n) is 11.3. The summed E-state index contributed by atoms with van der Waals surface area (Å²) < 4.78 is 45.7. The van der Waals surface area contributed by atoms with E-state index in [-0.39, 0.29) is 12.3 Å². The van der Waals surface area contributed by atoms with Gasteiger partial charge < -0.3 is 10.5 Å². The third-order valence-corrected chi connectivity index (χ3v) is 4.21. The van der Waals surface area contributed by atoms with E-state index in [0.717, 1.165) is 12.1 Å². The van der Waals surface area contributed by atoms with E-state index in [1.807, 2.05) is 0 Å². The number of rotatable bonds is 5. The highest BCUT2D eigenvalue weighted by Crippen LogP contribution is 2.23. The summed E-state index contributed by atoms with van der Waals surface area (Å²) in [5.41, 5.74) is 6.57. The summed E-state index contributed by atoms with van der Waals surface area (Å²) in [6.07, 6.45) is 0. The first-order valence-electron chi connectivity index (χ1n) is 6.09. The number of nitrogens with two attached hydrogens (primary N) is 1. The molecule has 0 bridgehead atoms. The Labute approximate surface area is 122 Å². The van der Waals surface area contributed by atoms with E-state index in [9.17, 15) is 12.8 Å². The van der Waals surface area contributed by atoms with Crippen molar-refractivity contribution < 1.29 is 17.5 Å². The van der Waals surface area contributed by atoms with Gasteiger partial charge in [0.25, 0.3) is 10.0 Å². The van der Waals surface area contributed by atoms with Crippen LogP contribution in [0.3, 0.4) is 0 Å². The average molecular weight is 310 g/mol. The second-order valence-electron chi connectivity index (χ2n) is 4.39. The predicted molar refractivity (Wildman–Crippen MR) is 78.8 cm³/mol. The largest absolute Gasteiger partial charge is 0.399 e. The summed E-state index contributed by atoms with van der Waals surface area (Å²) in [6, 6.07) is 10.2. The Kier molecular flexibility index (Phi) is 4.44. The van der Waals surface area contributed by atoms with Crippen LogP contribution in [-0.4, -0.2) is 15.5 Å². The van der Waals surface area contributed by atoms with Gasteiger partial charge in [-0.25, -0.2) is 12.8 Å². The Balaban J connectivity index is 2.38. The minimum Gasteiger partial charge on any atom is -0.399 e. The fraction of sp³-hybridized carbons (Fsp3) is 0.143. The highest BCUT2D eigenvalue weighted by atomic mass is 32.2. The van der Waals surface area contributed by atoms with Gasteiger partial charge in [-0.3, -0.25) is 4.72 Å². The number of ether oxygens (including phenoxy) is 1. The molecule has 2 rings (SSSR count). The van der Waals surface area contributed by atoms with Crippen molar-refractivity contribution in [3.05, 3.63) is 53.8 Å². The zero-order chi connectivity index (χ0) is 15.5. The van der Waals surface area contributed by atoms with Gasteiger partial charge >= 0.3 is 0 Å². The third kappa shape index (κ3) is 3.50. The molecule has 0 aliphatic carbocycles. The number of methoxy groups -OCH3 is 1. The third-order valence-electron chi connectivity index (χ3n) is 2.81. The number of hydrogen-bond acceptors (Lipinski definition) is 4. The van der Waals surface area contributed by atoms with Gasteiger partial charge in [0.15, 0.2) is 0 Å². The summed E-state index contributed by atoms with van der Waals surface area (Å²) >= 11 is 0. The van der Waals surface area contributed by atoms with Gasteiger partial charge in [0.05, 0.1) is 12.3 Å². The van der Waals surface area contributed by atoms with Crippen molar-refractivity contribution in [1.82, 2.24) is 0 Å². The van der Waals surface area contributed by atoms with Crippen LogP contribution in [-0.2, 0) is 21.4 Å². The Morgan fingerprint density at radius 1 is 1.24 bits per heavy atom. The summed E-state index contributed by atoms with van der Waals surface area (Å²) in [5.74, 6) is -0.897. The number of anilines is 2. The quantitative estimate of drug-likeness (QED) is 0.831. The summed E-state index contributed by atoms with van der Waals surface area (Å²) in [7, 11) is -2.53. The first-order valence-corrected chi connectivity index (χ1v) is 7.57. The minimum atomic E-state index is -4.04. The molecule has 0 heterocycles. The van der Waals surface area contributed by atoms with Gasteiger partial charge in [-0.2, -0.15) is 0 Å². The molecule has 0 amide bonds. The van der Waals surface area contributed by atoms with Crippen molar-refractivity contribution in [2.45, 2.75) is 11.5 Å². The second kappa shape index (κ2) is 6.11. The van der Waals surface area contributed by atoms with Crippen molar-refractivity contribution >= 4 is 21.4 Å². The monoisotopic (exact) mass is 310 g/mol. The molecule has 0 aliphatic rings. The Hall–Kier alpha value is -2.12. The van der Waals surface area contributed by atoms with E-state index in [1.54, 1.807) is 24.3 Å². The van der Waals surface area contributed by atoms with Crippen LogP contribution in [0.1, 0.15) is 5.56 Å². The van der Waals surface area contributed by atoms with Gasteiger partial charge in [-0.1, -0.05) is 18.2 Å². The lowest BCUT2D eigenvalue weighted by Crippen LogP contribution is -2.16. The molecule has 2 aromatic carbocycles. The molecule has 2 aromatic rings. The van der Waals surface area contributed by atoms with Crippen LogP contribution in [0.25, 0.3) is 0 Å². The van der Waals surface area contributed by atoms with Crippen molar-refractivity contribution in [3.63, 3.8) is 0 Å². The number of benzene rings is 2. The summed E-state index contributed by atoms with van der Waals surface area (Å²) in [4.78, 5) is -0.455. The standard InChI is InChI=1S/C14H15FN2O3S/c1-20-9-10-4-2-3-5-13(10)17-21(18,19)14-7-6-11(16)8-12(14)15/h2-8,17H,9,16H2,1H3. The van der Waals surface area contributed by atoms with Crippen LogP contribution in [0.15, 0.2) is 47.4 Å². The maximum Gasteiger partial charge on any atom is 0.264 e. The number of nitrogen functional groups attached to an aromatic ring is 1. The lowest BCUT2D eigenvalue weighted by atomic mass is 10.2. The van der Waals surface area contributed by atoms with Crippen LogP contribution in [0.2, 0.25) is 0 Å². The number of hydrogen-bond donors (Lipinski definition) is 2. The fourth-order valence-electron chi connectivity index (χ4n) is 1.84. The van der Waals surface area contributed by atoms with Gasteiger partial charge in [0, 0.05) is 18.4 Å². The first kappa shape index (κ1) is 15.3. The van der Waals surface area contributed by atoms with Crippen LogP contribution < -0.4 is 10.5 Å². The van der Waals surface area contributed by atoms with Gasteiger partial charge in [0.1, 0.15) is 10.7 Å². The van der Waals surface area contributed by atoms with Crippen LogP contribution >= 0.6 is 0 Å². The van der Waals surface area contributed by atoms with Crippen LogP contribution in [0.5, 0.6) is 0 Å². The van der Waals surface area contributed by atoms with Gasteiger partial charge in [-0.15, -0.1) is 0 Å². The molecule has 112 valence electrons. The number of halogens is 1. The van der Waals surface area contributed by atoms with E-state index >= 15 is 0 Å². The van der Waals surface area contributed by atoms with Crippen molar-refractivity contribution in [2.75, 3.05) is 17.6 Å². The highest BCUT2D eigenvalue weighted by Gasteiger charge is 2.20. The molecule has 0 radical (unpaired) electrons. The van der Waals surface area contributed by atoms with Crippen molar-refractivity contribution in [2.24, 2.45) is 0 Å². The normalized spacial score (nSPS) is 11.3. The molecule has 0 saturated heterocycles. The number of sulfonamides is 1. The fourth-order valence-corrected chi connectivity index (χ4v) is 3.00. The first-order chi connectivity index (χ1) is 9.94. The Bertz CT molecular complexity index is 748. The predicted octanol–water partition coefficient (Wildman–Crippen LogP) is 2.36. The zero-order valence-corrected chi connectivity index (χ0v) is 12.2. The molecule has 3 N–H and O–H groups in total. The summed E-state index contributed by atoms with van der Waals surface area (Å²) in [5, 5.41) is 0. The highest BCUT2D eigenvalue weighted by molar-refractivity contribution is 7.92. The molecular formula is C14H15FN2O3S. The molecule has 0 aromatic heterocycles. The maximum absolute atomic E-state index is 13.8. The van der Waals surface area contributed by atoms with Crippen LogP contribution in [0, 0.1) is 5.82 Å². The minimum absolute atomic E-state index is 0.159. The molecule has 0 spiro atoms. The van der Waals surface area contributed by atoms with Crippen molar-refractivity contribution in [3.8, 4) is 0 Å². The van der Waals surface area contributed by atoms with E-state index in [0.29, 0.717) is 11.3 Å². The molecule has 7 heteroatoms. The van der Waals surface area contributed by atoms with E-state index in [2.05, 4.69) is 4.72 Å². The van der Waals surface area contributed by atoms with E-state index in [1.165, 1.54) is 13.2 Å². The number of para-hydroxylation sites is 1. The molecule has 0 fully saturated rings. The smallest absolute Gasteiger partial charge is 0.264 e. The SMILES string of the molecule is COCc1ccccc1NS(=O)(=O)c1ccc(N)cc1F. The molecule has 0 unspecified atom stereocenters. The van der Waals surface area contributed by atoms with Gasteiger partial charge in [0.2, 0.25) is 0 Å². The van der Waals surface area contributed by atoms with E-state index < -0.39 is 20.7 Å². The molecular weight excluding hydrogens is 295 g/mol. The number of nitrogens with one attached hydrogen (secondary N) is 1. The van der Waals surface area contributed by atoms with E-state index in [4.69, 9.17) is 10.5 Å². The lowest BCUT2D eigenvalue weighted by Gasteiger charge is -2.12. The molecule has 21 heavy (non-hydrogen) atoms. The molecule has 0 aliphatic heterocycles. The second-order valence-corrected chi connectivity index (χ2v) is 6.04. The lowest BCUT2D eigenvalue weighted by molar-refractivity contribution is 0.185. The van der Waals surface area contributed by atoms with Crippen LogP contribution in [0.4, 0.5) is 15.8 Å². The molecule has 0 atom stereocenters. The Morgan fingerprint density at radius 2 is 1.95 bits per heavy atom. The molecule has 5 nitrogen and oxygen atoms in total. The van der Waals surface area contributed by atoms with Crippen molar-refractivity contribution in [1.29, 1.82) is 0 Å². The topological polar surface area (TPSA) is 81.4 Å². The average Bonchev–Trinajstić information content (AvgIpc) is 2.40. The maximum atomic E-state index is 13.8. The summed E-state index contributed by atoms with van der Waals surface area (Å²) in [6.45, 7) is 0.239.